The van der Waals surface area contributed by atoms with Gasteiger partial charge in [0.1, 0.15) is 5.82 Å². The molecule has 31 heavy (non-hydrogen) atoms. The molecule has 1 atom stereocenters. The number of hydrogen-bond acceptors (Lipinski definition) is 5. The molecular formula is C22H21F3N4O2. The lowest BCUT2D eigenvalue weighted by Gasteiger charge is -2.39. The number of rotatable bonds is 3. The Morgan fingerprint density at radius 3 is 2.19 bits per heavy atom. The van der Waals surface area contributed by atoms with Gasteiger partial charge in [-0.15, -0.1) is 0 Å². The predicted molar refractivity (Wildman–Crippen MR) is 110 cm³/mol. The van der Waals surface area contributed by atoms with E-state index in [1.54, 1.807) is 0 Å². The largest absolute Gasteiger partial charge is 0.426 e. The van der Waals surface area contributed by atoms with Crippen molar-refractivity contribution in [1.82, 2.24) is 14.9 Å². The molecule has 4 rings (SSSR count). The van der Waals surface area contributed by atoms with Gasteiger partial charge in [0, 0.05) is 37.1 Å². The van der Waals surface area contributed by atoms with Crippen LogP contribution in [0, 0.1) is 0 Å². The maximum Gasteiger partial charge on any atom is 0.426 e. The van der Waals surface area contributed by atoms with E-state index in [0.29, 0.717) is 18.6 Å². The number of carbonyl (C=O) groups is 1. The molecule has 6 nitrogen and oxygen atoms in total. The summed E-state index contributed by atoms with van der Waals surface area (Å²) in [5.74, 6) is -0.121. The SMILES string of the molecule is CC(O)(C(=O)N1CCN(c2nc(-c3ccccc3)nc3ccccc23)CC1)C(F)(F)F. The lowest BCUT2D eigenvalue weighted by molar-refractivity contribution is -0.250. The molecule has 1 N–H and O–H groups in total. The van der Waals surface area contributed by atoms with Crippen molar-refractivity contribution in [3.63, 3.8) is 0 Å². The lowest BCUT2D eigenvalue weighted by atomic mass is 10.0. The monoisotopic (exact) mass is 430 g/mol. The second-order valence-corrected chi connectivity index (χ2v) is 7.60. The van der Waals surface area contributed by atoms with Crippen LogP contribution in [0.25, 0.3) is 22.3 Å². The van der Waals surface area contributed by atoms with Crippen molar-refractivity contribution in [1.29, 1.82) is 0 Å². The standard InChI is InChI=1S/C22H21F3N4O2/c1-21(31,22(23,24)25)20(30)29-13-11-28(12-14-29)19-16-9-5-6-10-17(16)26-18(27-19)15-7-3-2-4-8-15/h2-10,31H,11-14H2,1H3. The van der Waals surface area contributed by atoms with Crippen LogP contribution >= 0.6 is 0 Å². The highest BCUT2D eigenvalue weighted by atomic mass is 19.4. The Bertz CT molecular complexity index is 1090. The van der Waals surface area contributed by atoms with Gasteiger partial charge in [-0.1, -0.05) is 42.5 Å². The number of alkyl halides is 3. The molecular weight excluding hydrogens is 409 g/mol. The van der Waals surface area contributed by atoms with E-state index < -0.39 is 17.7 Å². The maximum absolute atomic E-state index is 13.0. The lowest BCUT2D eigenvalue weighted by Crippen LogP contribution is -2.60. The number of fused-ring (bicyclic) bond motifs is 1. The second kappa shape index (κ2) is 7.81. The zero-order valence-corrected chi connectivity index (χ0v) is 16.8. The van der Waals surface area contributed by atoms with E-state index >= 15 is 0 Å². The molecule has 1 unspecified atom stereocenters. The first-order chi connectivity index (χ1) is 14.7. The molecule has 1 aliphatic rings. The number of hydrogen-bond donors (Lipinski definition) is 1. The van der Waals surface area contributed by atoms with E-state index in [2.05, 4.69) is 4.98 Å². The van der Waals surface area contributed by atoms with Crippen LogP contribution < -0.4 is 4.90 Å². The summed E-state index contributed by atoms with van der Waals surface area (Å²) in [6.07, 6.45) is -5.03. The molecule has 0 radical (unpaired) electrons. The van der Waals surface area contributed by atoms with Gasteiger partial charge in [-0.05, 0) is 19.1 Å². The number of piperazine rings is 1. The summed E-state index contributed by atoms with van der Waals surface area (Å²) >= 11 is 0. The Morgan fingerprint density at radius 1 is 0.935 bits per heavy atom. The fourth-order valence-electron chi connectivity index (χ4n) is 3.57. The van der Waals surface area contributed by atoms with E-state index in [0.717, 1.165) is 21.4 Å². The van der Waals surface area contributed by atoms with Gasteiger partial charge in [0.2, 0.25) is 5.60 Å². The quantitative estimate of drug-likeness (QED) is 0.691. The van der Waals surface area contributed by atoms with Crippen molar-refractivity contribution in [2.45, 2.75) is 18.7 Å². The Kier molecular flexibility index (Phi) is 5.30. The van der Waals surface area contributed by atoms with Crippen LogP contribution in [0.4, 0.5) is 19.0 Å². The molecule has 162 valence electrons. The summed E-state index contributed by atoms with van der Waals surface area (Å²) in [5.41, 5.74) is -1.80. The van der Waals surface area contributed by atoms with Crippen LogP contribution in [0.15, 0.2) is 54.6 Å². The minimum atomic E-state index is -5.03. The van der Waals surface area contributed by atoms with Crippen LogP contribution in [-0.4, -0.2) is 63.8 Å². The molecule has 1 saturated heterocycles. The van der Waals surface area contributed by atoms with Crippen molar-refractivity contribution in [3.8, 4) is 11.4 Å². The van der Waals surface area contributed by atoms with Gasteiger partial charge in [0.15, 0.2) is 5.82 Å². The first-order valence-electron chi connectivity index (χ1n) is 9.84. The van der Waals surface area contributed by atoms with Gasteiger partial charge in [-0.3, -0.25) is 4.79 Å². The molecule has 0 saturated carbocycles. The molecule has 1 aromatic heterocycles. The predicted octanol–water partition coefficient (Wildman–Crippen LogP) is 3.26. The van der Waals surface area contributed by atoms with Crippen molar-refractivity contribution < 1.29 is 23.1 Å². The zero-order chi connectivity index (χ0) is 22.2. The summed E-state index contributed by atoms with van der Waals surface area (Å²) in [6, 6.07) is 17.0. The topological polar surface area (TPSA) is 69.6 Å². The third-order valence-electron chi connectivity index (χ3n) is 5.45. The molecule has 9 heteroatoms. The van der Waals surface area contributed by atoms with E-state index in [4.69, 9.17) is 4.98 Å². The van der Waals surface area contributed by atoms with Crippen LogP contribution in [0.1, 0.15) is 6.92 Å². The van der Waals surface area contributed by atoms with Gasteiger partial charge in [-0.2, -0.15) is 13.2 Å². The van der Waals surface area contributed by atoms with Crippen molar-refractivity contribution >= 4 is 22.6 Å². The molecule has 2 heterocycles. The summed E-state index contributed by atoms with van der Waals surface area (Å²) in [4.78, 5) is 24.6. The molecule has 1 fully saturated rings. The van der Waals surface area contributed by atoms with Crippen molar-refractivity contribution in [2.75, 3.05) is 31.1 Å². The number of amides is 1. The van der Waals surface area contributed by atoms with E-state index in [1.165, 1.54) is 0 Å². The number of aliphatic hydroxyl groups is 1. The smallest absolute Gasteiger partial charge is 0.373 e. The Morgan fingerprint density at radius 2 is 1.55 bits per heavy atom. The number of halogens is 3. The van der Waals surface area contributed by atoms with Gasteiger partial charge in [0.05, 0.1) is 5.52 Å². The maximum atomic E-state index is 13.0. The van der Waals surface area contributed by atoms with E-state index in [1.807, 2.05) is 59.5 Å². The number of aromatic nitrogens is 2. The fourth-order valence-corrected chi connectivity index (χ4v) is 3.57. The molecule has 1 amide bonds. The number of para-hydroxylation sites is 1. The number of benzene rings is 2. The Hall–Kier alpha value is -3.20. The molecule has 3 aromatic rings. The minimum absolute atomic E-state index is 0.0457. The van der Waals surface area contributed by atoms with Gasteiger partial charge < -0.3 is 14.9 Å². The molecule has 0 aliphatic carbocycles. The second-order valence-electron chi connectivity index (χ2n) is 7.60. The molecule has 0 spiro atoms. The van der Waals surface area contributed by atoms with Crippen LogP contribution in [0.5, 0.6) is 0 Å². The average Bonchev–Trinajstić information content (AvgIpc) is 2.78. The average molecular weight is 430 g/mol. The Labute approximate surface area is 176 Å². The summed E-state index contributed by atoms with van der Waals surface area (Å²) in [6.45, 7) is 1.16. The first kappa shape index (κ1) is 21.0. The third-order valence-corrected chi connectivity index (χ3v) is 5.45. The minimum Gasteiger partial charge on any atom is -0.373 e. The molecule has 1 aliphatic heterocycles. The summed E-state index contributed by atoms with van der Waals surface area (Å²) < 4.78 is 39.1. The van der Waals surface area contributed by atoms with Gasteiger partial charge in [0.25, 0.3) is 5.91 Å². The zero-order valence-electron chi connectivity index (χ0n) is 16.8. The van der Waals surface area contributed by atoms with Crippen molar-refractivity contribution in [2.24, 2.45) is 0 Å². The number of carbonyl (C=O) groups excluding carboxylic acids is 1. The van der Waals surface area contributed by atoms with Crippen LogP contribution in [0.3, 0.4) is 0 Å². The highest BCUT2D eigenvalue weighted by Gasteiger charge is 2.57. The number of nitrogens with zero attached hydrogens (tertiary/aromatic N) is 4. The first-order valence-corrected chi connectivity index (χ1v) is 9.84. The van der Waals surface area contributed by atoms with Crippen molar-refractivity contribution in [3.05, 3.63) is 54.6 Å². The Balaban J connectivity index is 1.61. The summed E-state index contributed by atoms with van der Waals surface area (Å²) in [7, 11) is 0. The van der Waals surface area contributed by atoms with Gasteiger partial charge >= 0.3 is 6.18 Å². The summed E-state index contributed by atoms with van der Waals surface area (Å²) in [5, 5.41) is 10.5. The number of anilines is 1. The van der Waals surface area contributed by atoms with Gasteiger partial charge in [-0.25, -0.2) is 9.97 Å². The third kappa shape index (κ3) is 3.93. The highest BCUT2D eigenvalue weighted by Crippen LogP contribution is 2.33. The van der Waals surface area contributed by atoms with Crippen LogP contribution in [-0.2, 0) is 4.79 Å². The fraction of sp³-hybridized carbons (Fsp3) is 0.318. The normalized spacial score (nSPS) is 16.9. The van der Waals surface area contributed by atoms with E-state index in [-0.39, 0.29) is 26.2 Å². The highest BCUT2D eigenvalue weighted by molar-refractivity contribution is 5.91. The molecule has 2 aromatic carbocycles. The van der Waals surface area contributed by atoms with Crippen LogP contribution in [0.2, 0.25) is 0 Å². The molecule has 0 bridgehead atoms. The van der Waals surface area contributed by atoms with E-state index in [9.17, 15) is 23.1 Å².